The molecule has 174 valence electrons. The first-order valence-corrected chi connectivity index (χ1v) is 10.8. The molecule has 4 aromatic rings. The maximum atomic E-state index is 12.2. The van der Waals surface area contributed by atoms with E-state index in [1.807, 2.05) is 56.3 Å². The standard InChI is InChI=1S/C27H27N3O4/c1-16-6-12-22(17(2)14-16)30-27(34-18(3)31)25(19-7-10-21(28)11-8-19)26(29-30)20-9-13-23(32-4)24(15-20)33-5/h6-15H,28H2,1-5H3. The van der Waals surface area contributed by atoms with Crippen LogP contribution in [0.4, 0.5) is 5.69 Å². The molecule has 0 aliphatic heterocycles. The third-order valence-corrected chi connectivity index (χ3v) is 5.52. The molecule has 7 heteroatoms. The number of nitrogens with zero attached hydrogens (tertiary/aromatic N) is 2. The molecule has 0 radical (unpaired) electrons. The number of methoxy groups -OCH3 is 2. The summed E-state index contributed by atoms with van der Waals surface area (Å²) in [6, 6.07) is 19.0. The van der Waals surface area contributed by atoms with Crippen LogP contribution < -0.4 is 19.9 Å². The molecular weight excluding hydrogens is 430 g/mol. The molecule has 0 aliphatic carbocycles. The van der Waals surface area contributed by atoms with Crippen molar-refractivity contribution in [3.8, 4) is 45.5 Å². The number of nitrogen functional groups attached to an aromatic ring is 1. The first-order valence-electron chi connectivity index (χ1n) is 10.8. The fraction of sp³-hybridized carbons (Fsp3) is 0.185. The van der Waals surface area contributed by atoms with Gasteiger partial charge in [0.25, 0.3) is 0 Å². The summed E-state index contributed by atoms with van der Waals surface area (Å²) < 4.78 is 18.4. The van der Waals surface area contributed by atoms with E-state index in [9.17, 15) is 4.79 Å². The Labute approximate surface area is 198 Å². The molecule has 0 amide bonds. The Morgan fingerprint density at radius 2 is 1.56 bits per heavy atom. The minimum Gasteiger partial charge on any atom is -0.493 e. The highest BCUT2D eigenvalue weighted by molar-refractivity contribution is 5.88. The molecule has 0 saturated heterocycles. The lowest BCUT2D eigenvalue weighted by Crippen LogP contribution is -2.09. The Kier molecular flexibility index (Phi) is 6.27. The lowest BCUT2D eigenvalue weighted by atomic mass is 10.0. The van der Waals surface area contributed by atoms with Gasteiger partial charge >= 0.3 is 5.97 Å². The van der Waals surface area contributed by atoms with Gasteiger partial charge in [0.05, 0.1) is 25.5 Å². The molecule has 7 nitrogen and oxygen atoms in total. The van der Waals surface area contributed by atoms with Crippen molar-refractivity contribution in [1.29, 1.82) is 0 Å². The number of hydrogen-bond donors (Lipinski definition) is 1. The normalized spacial score (nSPS) is 10.7. The van der Waals surface area contributed by atoms with E-state index >= 15 is 0 Å². The lowest BCUT2D eigenvalue weighted by molar-refractivity contribution is -0.132. The van der Waals surface area contributed by atoms with Crippen LogP contribution in [0.1, 0.15) is 18.1 Å². The van der Waals surface area contributed by atoms with E-state index in [0.29, 0.717) is 34.3 Å². The van der Waals surface area contributed by atoms with Crippen LogP contribution in [-0.2, 0) is 4.79 Å². The smallest absolute Gasteiger partial charge is 0.309 e. The summed E-state index contributed by atoms with van der Waals surface area (Å²) in [6.45, 7) is 5.41. The van der Waals surface area contributed by atoms with Crippen molar-refractivity contribution in [1.82, 2.24) is 9.78 Å². The number of aryl methyl sites for hydroxylation is 2. The monoisotopic (exact) mass is 457 g/mol. The van der Waals surface area contributed by atoms with Crippen molar-refractivity contribution in [2.75, 3.05) is 20.0 Å². The van der Waals surface area contributed by atoms with Gasteiger partial charge in [-0.25, -0.2) is 0 Å². The molecule has 0 atom stereocenters. The van der Waals surface area contributed by atoms with E-state index in [4.69, 9.17) is 25.0 Å². The SMILES string of the molecule is COc1ccc(-c2nn(-c3ccc(C)cc3C)c(OC(C)=O)c2-c2ccc(N)cc2)cc1OC. The van der Waals surface area contributed by atoms with Gasteiger partial charge in [0.1, 0.15) is 5.69 Å². The molecule has 0 fully saturated rings. The van der Waals surface area contributed by atoms with Crippen LogP contribution in [0, 0.1) is 13.8 Å². The van der Waals surface area contributed by atoms with E-state index < -0.39 is 5.97 Å². The van der Waals surface area contributed by atoms with Crippen LogP contribution >= 0.6 is 0 Å². The Morgan fingerprint density at radius 1 is 0.882 bits per heavy atom. The van der Waals surface area contributed by atoms with E-state index in [2.05, 4.69) is 6.07 Å². The van der Waals surface area contributed by atoms with Gasteiger partial charge in [-0.05, 0) is 61.4 Å². The van der Waals surface area contributed by atoms with Crippen LogP contribution in [0.3, 0.4) is 0 Å². The van der Waals surface area contributed by atoms with Gasteiger partial charge in [0.2, 0.25) is 5.88 Å². The molecule has 0 spiro atoms. The van der Waals surface area contributed by atoms with Crippen molar-refractivity contribution < 1.29 is 19.0 Å². The zero-order valence-corrected chi connectivity index (χ0v) is 19.9. The van der Waals surface area contributed by atoms with Crippen LogP contribution in [0.25, 0.3) is 28.1 Å². The fourth-order valence-electron chi connectivity index (χ4n) is 3.93. The number of hydrogen-bond acceptors (Lipinski definition) is 6. The van der Waals surface area contributed by atoms with Crippen LogP contribution in [0.15, 0.2) is 60.7 Å². The molecule has 0 unspecified atom stereocenters. The van der Waals surface area contributed by atoms with Crippen molar-refractivity contribution >= 4 is 11.7 Å². The average Bonchev–Trinajstić information content (AvgIpc) is 3.17. The molecule has 2 N–H and O–H groups in total. The second-order valence-corrected chi connectivity index (χ2v) is 8.02. The zero-order chi connectivity index (χ0) is 24.4. The highest BCUT2D eigenvalue weighted by atomic mass is 16.5. The number of carbonyl (C=O) groups is 1. The molecule has 3 aromatic carbocycles. The number of nitrogens with two attached hydrogens (primary N) is 1. The van der Waals surface area contributed by atoms with Crippen LogP contribution in [0.5, 0.6) is 17.4 Å². The minimum absolute atomic E-state index is 0.328. The second kappa shape index (κ2) is 9.31. The number of carbonyl (C=O) groups excluding carboxylic acids is 1. The minimum atomic E-state index is -0.443. The zero-order valence-electron chi connectivity index (χ0n) is 19.9. The van der Waals surface area contributed by atoms with Crippen molar-refractivity contribution in [3.05, 3.63) is 71.8 Å². The third kappa shape index (κ3) is 4.32. The molecule has 0 bridgehead atoms. The number of benzene rings is 3. The highest BCUT2D eigenvalue weighted by Gasteiger charge is 2.26. The van der Waals surface area contributed by atoms with Crippen molar-refractivity contribution in [2.24, 2.45) is 0 Å². The summed E-state index contributed by atoms with van der Waals surface area (Å²) in [6.07, 6.45) is 0. The number of anilines is 1. The third-order valence-electron chi connectivity index (χ3n) is 5.52. The number of aromatic nitrogens is 2. The summed E-state index contributed by atoms with van der Waals surface area (Å²) in [7, 11) is 3.17. The summed E-state index contributed by atoms with van der Waals surface area (Å²) in [5, 5.41) is 4.94. The summed E-state index contributed by atoms with van der Waals surface area (Å²) >= 11 is 0. The van der Waals surface area contributed by atoms with Gasteiger partial charge < -0.3 is 19.9 Å². The molecule has 1 aromatic heterocycles. The van der Waals surface area contributed by atoms with Gasteiger partial charge in [0, 0.05) is 18.2 Å². The number of rotatable bonds is 6. The molecule has 0 saturated carbocycles. The van der Waals surface area contributed by atoms with Gasteiger partial charge in [-0.1, -0.05) is 29.8 Å². The Hall–Kier alpha value is -4.26. The number of ether oxygens (including phenoxy) is 3. The van der Waals surface area contributed by atoms with E-state index in [1.54, 1.807) is 31.0 Å². The quantitative estimate of drug-likeness (QED) is 0.310. The molecule has 34 heavy (non-hydrogen) atoms. The van der Waals surface area contributed by atoms with E-state index in [0.717, 1.165) is 27.9 Å². The Morgan fingerprint density at radius 3 is 2.18 bits per heavy atom. The second-order valence-electron chi connectivity index (χ2n) is 8.02. The average molecular weight is 458 g/mol. The molecule has 0 aliphatic rings. The van der Waals surface area contributed by atoms with Crippen molar-refractivity contribution in [2.45, 2.75) is 20.8 Å². The predicted octanol–water partition coefficient (Wildman–Crippen LogP) is 5.35. The first kappa shape index (κ1) is 22.9. The molecular formula is C27H27N3O4. The predicted molar refractivity (Wildman–Crippen MR) is 133 cm³/mol. The summed E-state index contributed by atoms with van der Waals surface area (Å²) in [4.78, 5) is 12.2. The Balaban J connectivity index is 2.06. The largest absolute Gasteiger partial charge is 0.493 e. The van der Waals surface area contributed by atoms with Gasteiger partial charge in [-0.15, -0.1) is 0 Å². The Bertz CT molecular complexity index is 1360. The van der Waals surface area contributed by atoms with Crippen LogP contribution in [-0.4, -0.2) is 30.0 Å². The van der Waals surface area contributed by atoms with Gasteiger partial charge in [-0.3, -0.25) is 4.79 Å². The van der Waals surface area contributed by atoms with Crippen molar-refractivity contribution in [3.63, 3.8) is 0 Å². The fourth-order valence-corrected chi connectivity index (χ4v) is 3.93. The molecule has 4 rings (SSSR count). The highest BCUT2D eigenvalue weighted by Crippen LogP contribution is 2.43. The summed E-state index contributed by atoms with van der Waals surface area (Å²) in [5.74, 6) is 1.06. The molecule has 1 heterocycles. The van der Waals surface area contributed by atoms with E-state index in [1.165, 1.54) is 6.92 Å². The topological polar surface area (TPSA) is 88.6 Å². The van der Waals surface area contributed by atoms with Gasteiger partial charge in [-0.2, -0.15) is 9.78 Å². The van der Waals surface area contributed by atoms with E-state index in [-0.39, 0.29) is 0 Å². The maximum absolute atomic E-state index is 12.2. The first-order chi connectivity index (χ1) is 16.3. The number of esters is 1. The maximum Gasteiger partial charge on any atom is 0.309 e. The summed E-state index contributed by atoms with van der Waals surface area (Å²) in [5.41, 5.74) is 12.4. The lowest BCUT2D eigenvalue weighted by Gasteiger charge is -2.12. The van der Waals surface area contributed by atoms with Crippen LogP contribution in [0.2, 0.25) is 0 Å². The van der Waals surface area contributed by atoms with Gasteiger partial charge in [0.15, 0.2) is 11.5 Å².